The highest BCUT2D eigenvalue weighted by Crippen LogP contribution is 2.40. The van der Waals surface area contributed by atoms with Crippen LogP contribution in [0.15, 0.2) is 119 Å². The van der Waals surface area contributed by atoms with Gasteiger partial charge in [0.05, 0.1) is 16.3 Å². The first kappa shape index (κ1) is 27.1. The molecule has 0 aliphatic carbocycles. The molecule has 0 unspecified atom stereocenters. The Labute approximate surface area is 250 Å². The van der Waals surface area contributed by atoms with Gasteiger partial charge >= 0.3 is 0 Å². The highest BCUT2D eigenvalue weighted by Gasteiger charge is 2.35. The molecule has 1 saturated heterocycles. The molecule has 5 aromatic carbocycles. The molecule has 0 saturated carbocycles. The smallest absolute Gasteiger partial charge is 0.271 e. The minimum absolute atomic E-state index is 0.220. The third-order valence-electron chi connectivity index (χ3n) is 6.46. The molecular formula is C33H21Cl2FN2O2S. The molecule has 1 amide bonds. The van der Waals surface area contributed by atoms with Crippen molar-refractivity contribution < 1.29 is 13.9 Å². The number of hydrogen-bond donors (Lipinski definition) is 0. The van der Waals surface area contributed by atoms with Gasteiger partial charge in [-0.1, -0.05) is 65.7 Å². The van der Waals surface area contributed by atoms with E-state index in [9.17, 15) is 9.18 Å². The number of nitrogens with zero attached hydrogens (tertiary/aromatic N) is 2. The molecular weight excluding hydrogens is 578 g/mol. The van der Waals surface area contributed by atoms with Crippen molar-refractivity contribution in [1.82, 2.24) is 0 Å². The van der Waals surface area contributed by atoms with E-state index in [1.54, 1.807) is 65.6 Å². The second kappa shape index (κ2) is 11.8. The first-order valence-electron chi connectivity index (χ1n) is 12.7. The van der Waals surface area contributed by atoms with E-state index >= 15 is 0 Å². The van der Waals surface area contributed by atoms with E-state index in [0.29, 0.717) is 37.2 Å². The molecule has 0 spiro atoms. The summed E-state index contributed by atoms with van der Waals surface area (Å²) in [7, 11) is 0. The standard InChI is InChI=1S/C33H21Cl2FN2O2S/c34-23-8-14-26(15-9-23)37-33-38(27-16-10-24(35)11-17-27)32(39)31(41-33)19-29-28-4-2-1-3-22(28)7-18-30(29)40-20-21-5-12-25(36)13-6-21/h1-19H,20H2/b31-19-,37-33?. The first-order chi connectivity index (χ1) is 19.9. The number of anilines is 1. The van der Waals surface area contributed by atoms with Crippen LogP contribution in [0.4, 0.5) is 15.8 Å². The Bertz CT molecular complexity index is 1810. The zero-order valence-corrected chi connectivity index (χ0v) is 23.8. The van der Waals surface area contributed by atoms with Crippen molar-refractivity contribution in [3.8, 4) is 5.75 Å². The van der Waals surface area contributed by atoms with Crippen LogP contribution >= 0.6 is 35.0 Å². The molecule has 8 heteroatoms. The number of halogens is 3. The van der Waals surface area contributed by atoms with Crippen LogP contribution in [0.3, 0.4) is 0 Å². The van der Waals surface area contributed by atoms with Crippen LogP contribution in [-0.4, -0.2) is 11.1 Å². The fraction of sp³-hybridized carbons (Fsp3) is 0.0303. The summed E-state index contributed by atoms with van der Waals surface area (Å²) in [6, 6.07) is 32.1. The average molecular weight is 600 g/mol. The Morgan fingerprint density at radius 3 is 2.24 bits per heavy atom. The van der Waals surface area contributed by atoms with Gasteiger partial charge in [0.25, 0.3) is 5.91 Å². The van der Waals surface area contributed by atoms with Crippen LogP contribution in [0.1, 0.15) is 11.1 Å². The lowest BCUT2D eigenvalue weighted by Crippen LogP contribution is -2.28. The van der Waals surface area contributed by atoms with E-state index in [2.05, 4.69) is 0 Å². The van der Waals surface area contributed by atoms with Crippen molar-refractivity contribution in [2.24, 2.45) is 4.99 Å². The summed E-state index contributed by atoms with van der Waals surface area (Å²) in [6.07, 6.45) is 1.85. The van der Waals surface area contributed by atoms with E-state index in [1.165, 1.54) is 23.9 Å². The molecule has 1 fully saturated rings. The van der Waals surface area contributed by atoms with Crippen LogP contribution in [-0.2, 0) is 11.4 Å². The van der Waals surface area contributed by atoms with Gasteiger partial charge in [0.1, 0.15) is 18.2 Å². The average Bonchev–Trinajstić information content (AvgIpc) is 3.29. The van der Waals surface area contributed by atoms with Gasteiger partial charge in [-0.2, -0.15) is 0 Å². The van der Waals surface area contributed by atoms with Crippen LogP contribution in [0, 0.1) is 5.82 Å². The summed E-state index contributed by atoms with van der Waals surface area (Å²) >= 11 is 13.5. The molecule has 202 valence electrons. The zero-order chi connectivity index (χ0) is 28.3. The number of fused-ring (bicyclic) bond motifs is 1. The summed E-state index contributed by atoms with van der Waals surface area (Å²) in [5.74, 6) is 0.0838. The number of aliphatic imine (C=N–C) groups is 1. The maximum absolute atomic E-state index is 13.9. The van der Waals surface area contributed by atoms with E-state index in [0.717, 1.165) is 21.9 Å². The van der Waals surface area contributed by atoms with Crippen LogP contribution < -0.4 is 9.64 Å². The number of benzene rings is 5. The minimum Gasteiger partial charge on any atom is -0.488 e. The Balaban J connectivity index is 1.43. The third kappa shape index (κ3) is 6.00. The SMILES string of the molecule is O=C1/C(=C/c2c(OCc3ccc(F)cc3)ccc3ccccc23)SC(=Nc2ccc(Cl)cc2)N1c1ccc(Cl)cc1. The molecule has 4 nitrogen and oxygen atoms in total. The molecule has 1 aliphatic heterocycles. The summed E-state index contributed by atoms with van der Waals surface area (Å²) in [5.41, 5.74) is 2.91. The topological polar surface area (TPSA) is 41.9 Å². The fourth-order valence-corrected chi connectivity index (χ4v) is 5.65. The maximum Gasteiger partial charge on any atom is 0.271 e. The number of hydrogen-bond acceptors (Lipinski definition) is 4. The maximum atomic E-state index is 13.9. The Morgan fingerprint density at radius 2 is 1.51 bits per heavy atom. The monoisotopic (exact) mass is 598 g/mol. The summed E-state index contributed by atoms with van der Waals surface area (Å²) < 4.78 is 19.6. The number of rotatable bonds is 6. The number of carbonyl (C=O) groups is 1. The van der Waals surface area contributed by atoms with Crippen LogP contribution in [0.2, 0.25) is 10.0 Å². The van der Waals surface area contributed by atoms with Gasteiger partial charge in [0, 0.05) is 15.6 Å². The van der Waals surface area contributed by atoms with Gasteiger partial charge in [0.2, 0.25) is 0 Å². The molecule has 1 aliphatic rings. The van der Waals surface area contributed by atoms with Gasteiger partial charge < -0.3 is 4.74 Å². The van der Waals surface area contributed by atoms with Gasteiger partial charge in [-0.3, -0.25) is 9.69 Å². The largest absolute Gasteiger partial charge is 0.488 e. The lowest BCUT2D eigenvalue weighted by Gasteiger charge is -2.16. The highest BCUT2D eigenvalue weighted by molar-refractivity contribution is 8.19. The molecule has 6 rings (SSSR count). The second-order valence-corrected chi connectivity index (χ2v) is 11.1. The van der Waals surface area contributed by atoms with Crippen molar-refractivity contribution in [2.45, 2.75) is 6.61 Å². The normalized spacial score (nSPS) is 15.3. The van der Waals surface area contributed by atoms with Gasteiger partial charge in [-0.15, -0.1) is 0 Å². The van der Waals surface area contributed by atoms with Gasteiger partial charge in [-0.25, -0.2) is 9.38 Å². The van der Waals surface area contributed by atoms with Crippen LogP contribution in [0.5, 0.6) is 5.75 Å². The Kier molecular flexibility index (Phi) is 7.79. The predicted octanol–water partition coefficient (Wildman–Crippen LogP) is 9.67. The molecule has 41 heavy (non-hydrogen) atoms. The van der Waals surface area contributed by atoms with Crippen LogP contribution in [0.25, 0.3) is 16.8 Å². The molecule has 0 N–H and O–H groups in total. The van der Waals surface area contributed by atoms with E-state index in [4.69, 9.17) is 32.9 Å². The number of thioether (sulfide) groups is 1. The first-order valence-corrected chi connectivity index (χ1v) is 14.2. The minimum atomic E-state index is -0.303. The molecule has 1 heterocycles. The number of carbonyl (C=O) groups excluding carboxylic acids is 1. The zero-order valence-electron chi connectivity index (χ0n) is 21.4. The predicted molar refractivity (Wildman–Crippen MR) is 168 cm³/mol. The quantitative estimate of drug-likeness (QED) is 0.183. The number of ether oxygens (including phenoxy) is 1. The van der Waals surface area contributed by atoms with Crippen molar-refractivity contribution >= 4 is 74.3 Å². The van der Waals surface area contributed by atoms with Crippen molar-refractivity contribution in [3.63, 3.8) is 0 Å². The molecule has 0 aromatic heterocycles. The molecule has 5 aromatic rings. The van der Waals surface area contributed by atoms with E-state index < -0.39 is 0 Å². The fourth-order valence-electron chi connectivity index (χ4n) is 4.42. The number of amidine groups is 1. The second-order valence-electron chi connectivity index (χ2n) is 9.21. The molecule has 0 radical (unpaired) electrons. The molecule has 0 bridgehead atoms. The van der Waals surface area contributed by atoms with E-state index in [-0.39, 0.29) is 18.3 Å². The van der Waals surface area contributed by atoms with Gasteiger partial charge in [0.15, 0.2) is 5.17 Å². The summed E-state index contributed by atoms with van der Waals surface area (Å²) in [6.45, 7) is 0.246. The summed E-state index contributed by atoms with van der Waals surface area (Å²) in [4.78, 5) is 20.8. The van der Waals surface area contributed by atoms with Crippen molar-refractivity contribution in [3.05, 3.63) is 141 Å². The third-order valence-corrected chi connectivity index (χ3v) is 7.93. The number of amides is 1. The highest BCUT2D eigenvalue weighted by atomic mass is 35.5. The van der Waals surface area contributed by atoms with Crippen molar-refractivity contribution in [2.75, 3.05) is 4.90 Å². The van der Waals surface area contributed by atoms with Crippen molar-refractivity contribution in [1.29, 1.82) is 0 Å². The van der Waals surface area contributed by atoms with Gasteiger partial charge in [-0.05, 0) is 101 Å². The molecule has 0 atom stereocenters. The summed E-state index contributed by atoms with van der Waals surface area (Å²) in [5, 5.41) is 3.61. The lowest BCUT2D eigenvalue weighted by atomic mass is 10.0. The lowest BCUT2D eigenvalue weighted by molar-refractivity contribution is -0.113. The Morgan fingerprint density at radius 1 is 0.829 bits per heavy atom. The van der Waals surface area contributed by atoms with E-state index in [1.807, 2.05) is 42.5 Å². The Hall–Kier alpha value is -4.10.